The third kappa shape index (κ3) is 3.47. The van der Waals surface area contributed by atoms with Crippen molar-refractivity contribution in [2.24, 2.45) is 0 Å². The summed E-state index contributed by atoms with van der Waals surface area (Å²) in [5.74, 6) is 1.18. The molecule has 1 aromatic carbocycles. The van der Waals surface area contributed by atoms with Crippen LogP contribution in [0.5, 0.6) is 11.5 Å². The Balaban J connectivity index is 3.02. The Labute approximate surface area is 108 Å². The van der Waals surface area contributed by atoms with Crippen LogP contribution in [0.4, 0.5) is 0 Å². The zero-order valence-electron chi connectivity index (χ0n) is 11.4. The quantitative estimate of drug-likeness (QED) is 0.700. The molecule has 0 spiro atoms. The topological polar surface area (TPSA) is 44.8 Å². The van der Waals surface area contributed by atoms with Crippen molar-refractivity contribution in [2.75, 3.05) is 20.3 Å². The summed E-state index contributed by atoms with van der Waals surface area (Å²) in [7, 11) is 1.51. The summed E-state index contributed by atoms with van der Waals surface area (Å²) in [6.45, 7) is 6.60. The van der Waals surface area contributed by atoms with Crippen molar-refractivity contribution in [1.82, 2.24) is 0 Å². The van der Waals surface area contributed by atoms with E-state index in [-0.39, 0.29) is 5.78 Å². The molecule has 100 valence electrons. The summed E-state index contributed by atoms with van der Waals surface area (Å²) in [6, 6.07) is 5.18. The molecule has 0 saturated carbocycles. The summed E-state index contributed by atoms with van der Waals surface area (Å²) in [5.41, 5.74) is 0.566. The van der Waals surface area contributed by atoms with Gasteiger partial charge in [0.2, 0.25) is 0 Å². The number of methoxy groups -OCH3 is 1. The largest absolute Gasteiger partial charge is 0.490 e. The summed E-state index contributed by atoms with van der Waals surface area (Å²) in [4.78, 5) is 12.0. The minimum atomic E-state index is -0.461. The van der Waals surface area contributed by atoms with Gasteiger partial charge in [-0.15, -0.1) is 0 Å². The van der Waals surface area contributed by atoms with Crippen LogP contribution in [0, 0.1) is 0 Å². The first-order chi connectivity index (χ1) is 8.63. The maximum Gasteiger partial charge on any atom is 0.191 e. The van der Waals surface area contributed by atoms with Crippen LogP contribution in [0.25, 0.3) is 0 Å². The zero-order chi connectivity index (χ0) is 13.5. The number of Topliss-reactive ketones (excluding diaryl/α,β-unsaturated/α-hetero) is 1. The van der Waals surface area contributed by atoms with Gasteiger partial charge in [0.25, 0.3) is 0 Å². The van der Waals surface area contributed by atoms with E-state index in [9.17, 15) is 4.79 Å². The number of rotatable bonds is 7. The minimum Gasteiger partial charge on any atom is -0.490 e. The highest BCUT2D eigenvalue weighted by atomic mass is 16.5. The van der Waals surface area contributed by atoms with E-state index in [2.05, 4.69) is 0 Å². The van der Waals surface area contributed by atoms with Gasteiger partial charge in [0.1, 0.15) is 6.10 Å². The van der Waals surface area contributed by atoms with Crippen molar-refractivity contribution in [2.45, 2.75) is 26.9 Å². The fraction of sp³-hybridized carbons (Fsp3) is 0.500. The Morgan fingerprint density at radius 3 is 2.33 bits per heavy atom. The van der Waals surface area contributed by atoms with E-state index in [1.165, 1.54) is 7.11 Å². The average molecular weight is 252 g/mol. The number of ether oxygens (including phenoxy) is 3. The van der Waals surface area contributed by atoms with Gasteiger partial charge in [-0.2, -0.15) is 0 Å². The maximum atomic E-state index is 12.0. The second-order valence-corrected chi connectivity index (χ2v) is 3.77. The molecule has 0 aliphatic heterocycles. The molecule has 1 rings (SSSR count). The summed E-state index contributed by atoms with van der Waals surface area (Å²) < 4.78 is 15.9. The summed E-state index contributed by atoms with van der Waals surface area (Å²) in [6.07, 6.45) is -0.461. The smallest absolute Gasteiger partial charge is 0.191 e. The molecule has 4 heteroatoms. The molecule has 1 unspecified atom stereocenters. The molecule has 1 aromatic rings. The highest BCUT2D eigenvalue weighted by molar-refractivity contribution is 5.99. The first kappa shape index (κ1) is 14.5. The lowest BCUT2D eigenvalue weighted by molar-refractivity contribution is 0.0655. The SMILES string of the molecule is CCOc1ccc(C(=O)C(C)OC)cc1OCC. The monoisotopic (exact) mass is 252 g/mol. The molecule has 0 N–H and O–H groups in total. The average Bonchev–Trinajstić information content (AvgIpc) is 2.39. The number of hydrogen-bond acceptors (Lipinski definition) is 4. The Morgan fingerprint density at radius 1 is 1.17 bits per heavy atom. The van der Waals surface area contributed by atoms with Crippen molar-refractivity contribution in [3.63, 3.8) is 0 Å². The third-order valence-electron chi connectivity index (χ3n) is 2.55. The number of carbonyl (C=O) groups is 1. The number of hydrogen-bond donors (Lipinski definition) is 0. The van der Waals surface area contributed by atoms with Gasteiger partial charge in [-0.25, -0.2) is 0 Å². The molecule has 0 heterocycles. The molecule has 0 amide bonds. The Hall–Kier alpha value is -1.55. The first-order valence-electron chi connectivity index (χ1n) is 6.10. The zero-order valence-corrected chi connectivity index (χ0v) is 11.4. The molecule has 18 heavy (non-hydrogen) atoms. The van der Waals surface area contributed by atoms with Gasteiger partial charge < -0.3 is 14.2 Å². The van der Waals surface area contributed by atoms with Crippen molar-refractivity contribution < 1.29 is 19.0 Å². The molecule has 0 aromatic heterocycles. The molecular weight excluding hydrogens is 232 g/mol. The van der Waals surface area contributed by atoms with E-state index in [0.717, 1.165) is 0 Å². The van der Waals surface area contributed by atoms with Gasteiger partial charge >= 0.3 is 0 Å². The van der Waals surface area contributed by atoms with Gasteiger partial charge in [-0.1, -0.05) is 0 Å². The number of benzene rings is 1. The van der Waals surface area contributed by atoms with Crippen LogP contribution in [-0.2, 0) is 4.74 Å². The highest BCUT2D eigenvalue weighted by Gasteiger charge is 2.16. The van der Waals surface area contributed by atoms with Crippen LogP contribution in [0.2, 0.25) is 0 Å². The Kier molecular flexibility index (Phi) is 5.65. The van der Waals surface area contributed by atoms with Crippen molar-refractivity contribution in [1.29, 1.82) is 0 Å². The standard InChI is InChI=1S/C14H20O4/c1-5-17-12-8-7-11(9-13(12)18-6-2)14(15)10(3)16-4/h7-10H,5-6H2,1-4H3. The fourth-order valence-corrected chi connectivity index (χ4v) is 1.55. The lowest BCUT2D eigenvalue weighted by atomic mass is 10.1. The van der Waals surface area contributed by atoms with Crippen LogP contribution in [0.15, 0.2) is 18.2 Å². The van der Waals surface area contributed by atoms with Crippen LogP contribution in [0.1, 0.15) is 31.1 Å². The predicted octanol–water partition coefficient (Wildman–Crippen LogP) is 2.70. The summed E-state index contributed by atoms with van der Waals surface area (Å²) in [5, 5.41) is 0. The molecule has 0 radical (unpaired) electrons. The van der Waals surface area contributed by atoms with Crippen molar-refractivity contribution in [3.8, 4) is 11.5 Å². The molecule has 0 bridgehead atoms. The fourth-order valence-electron chi connectivity index (χ4n) is 1.55. The molecule has 0 saturated heterocycles. The van der Waals surface area contributed by atoms with E-state index in [1.54, 1.807) is 25.1 Å². The Morgan fingerprint density at radius 2 is 1.78 bits per heavy atom. The van der Waals surface area contributed by atoms with Crippen LogP contribution < -0.4 is 9.47 Å². The van der Waals surface area contributed by atoms with E-state index in [1.807, 2.05) is 13.8 Å². The van der Waals surface area contributed by atoms with Gasteiger partial charge in [0.05, 0.1) is 13.2 Å². The second-order valence-electron chi connectivity index (χ2n) is 3.77. The lowest BCUT2D eigenvalue weighted by Crippen LogP contribution is -2.19. The third-order valence-corrected chi connectivity index (χ3v) is 2.55. The summed E-state index contributed by atoms with van der Waals surface area (Å²) >= 11 is 0. The van der Waals surface area contributed by atoms with E-state index >= 15 is 0 Å². The van der Waals surface area contributed by atoms with Crippen LogP contribution in [-0.4, -0.2) is 32.2 Å². The molecule has 4 nitrogen and oxygen atoms in total. The van der Waals surface area contributed by atoms with Gasteiger partial charge in [-0.3, -0.25) is 4.79 Å². The van der Waals surface area contributed by atoms with Crippen LogP contribution >= 0.6 is 0 Å². The van der Waals surface area contributed by atoms with Gasteiger partial charge in [0.15, 0.2) is 17.3 Å². The maximum absolute atomic E-state index is 12.0. The molecular formula is C14H20O4. The minimum absolute atomic E-state index is 0.0681. The van der Waals surface area contributed by atoms with Crippen molar-refractivity contribution in [3.05, 3.63) is 23.8 Å². The highest BCUT2D eigenvalue weighted by Crippen LogP contribution is 2.29. The molecule has 1 atom stereocenters. The number of carbonyl (C=O) groups excluding carboxylic acids is 1. The van der Waals surface area contributed by atoms with Gasteiger partial charge in [0, 0.05) is 12.7 Å². The molecule has 0 fully saturated rings. The first-order valence-corrected chi connectivity index (χ1v) is 6.10. The molecule has 0 aliphatic carbocycles. The normalized spacial score (nSPS) is 12.0. The van der Waals surface area contributed by atoms with E-state index < -0.39 is 6.10 Å². The Bertz CT molecular complexity index is 401. The van der Waals surface area contributed by atoms with Crippen LogP contribution in [0.3, 0.4) is 0 Å². The second kappa shape index (κ2) is 7.01. The van der Waals surface area contributed by atoms with E-state index in [4.69, 9.17) is 14.2 Å². The lowest BCUT2D eigenvalue weighted by Gasteiger charge is -2.13. The van der Waals surface area contributed by atoms with E-state index in [0.29, 0.717) is 30.3 Å². The molecule has 0 aliphatic rings. The number of ketones is 1. The predicted molar refractivity (Wildman–Crippen MR) is 69.6 cm³/mol. The van der Waals surface area contributed by atoms with Gasteiger partial charge in [-0.05, 0) is 39.0 Å². The van der Waals surface area contributed by atoms with Crippen molar-refractivity contribution >= 4 is 5.78 Å².